The van der Waals surface area contributed by atoms with Gasteiger partial charge in [0.2, 0.25) is 0 Å². The van der Waals surface area contributed by atoms with Gasteiger partial charge in [0, 0.05) is 37.8 Å². The largest absolute Gasteiger partial charge is 0.379 e. The predicted octanol–water partition coefficient (Wildman–Crippen LogP) is 2.97. The highest BCUT2D eigenvalue weighted by Crippen LogP contribution is 2.40. The van der Waals surface area contributed by atoms with Crippen LogP contribution >= 0.6 is 0 Å². The Bertz CT molecular complexity index is 922. The van der Waals surface area contributed by atoms with E-state index in [1.54, 1.807) is 0 Å². The molecule has 6 heteroatoms. The van der Waals surface area contributed by atoms with Gasteiger partial charge in [-0.3, -0.25) is 0 Å². The Morgan fingerprint density at radius 1 is 1.07 bits per heavy atom. The van der Waals surface area contributed by atoms with Crippen molar-refractivity contribution in [2.75, 3.05) is 43.4 Å². The number of likely N-dealkylation sites (N-methyl/N-ethyl adjacent to an activating group) is 1. The van der Waals surface area contributed by atoms with Crippen LogP contribution in [0.25, 0.3) is 5.65 Å². The van der Waals surface area contributed by atoms with E-state index in [-0.39, 0.29) is 0 Å². The summed E-state index contributed by atoms with van der Waals surface area (Å²) in [5.74, 6) is 0.633. The van der Waals surface area contributed by atoms with Crippen molar-refractivity contribution in [1.29, 1.82) is 0 Å². The SMILES string of the molecule is CN1CCN(c2cc(C3CC3)nn3cc(CNc4ccccc4)nc23)CC1. The number of benzene rings is 1. The van der Waals surface area contributed by atoms with Crippen LogP contribution in [0, 0.1) is 0 Å². The summed E-state index contributed by atoms with van der Waals surface area (Å²) in [5.41, 5.74) is 5.58. The van der Waals surface area contributed by atoms with Gasteiger partial charge in [-0.15, -0.1) is 0 Å². The van der Waals surface area contributed by atoms with E-state index in [1.165, 1.54) is 24.2 Å². The number of piperazine rings is 1. The van der Waals surface area contributed by atoms with Gasteiger partial charge < -0.3 is 15.1 Å². The van der Waals surface area contributed by atoms with E-state index >= 15 is 0 Å². The minimum Gasteiger partial charge on any atom is -0.379 e. The first-order chi connectivity index (χ1) is 13.3. The highest BCUT2D eigenvalue weighted by Gasteiger charge is 2.28. The Morgan fingerprint density at radius 3 is 2.59 bits per heavy atom. The monoisotopic (exact) mass is 362 g/mol. The summed E-state index contributed by atoms with van der Waals surface area (Å²) in [7, 11) is 2.19. The Kier molecular flexibility index (Phi) is 4.20. The zero-order chi connectivity index (χ0) is 18.2. The van der Waals surface area contributed by atoms with Crippen molar-refractivity contribution < 1.29 is 0 Å². The second-order valence-electron chi connectivity index (χ2n) is 7.74. The quantitative estimate of drug-likeness (QED) is 0.756. The Labute approximate surface area is 159 Å². The summed E-state index contributed by atoms with van der Waals surface area (Å²) in [6, 6.07) is 12.6. The van der Waals surface area contributed by atoms with Gasteiger partial charge in [-0.2, -0.15) is 5.10 Å². The van der Waals surface area contributed by atoms with Crippen LogP contribution in [-0.2, 0) is 6.54 Å². The van der Waals surface area contributed by atoms with Crippen molar-refractivity contribution in [3.8, 4) is 0 Å². The van der Waals surface area contributed by atoms with E-state index < -0.39 is 0 Å². The molecule has 5 rings (SSSR count). The molecule has 3 heterocycles. The summed E-state index contributed by atoms with van der Waals surface area (Å²) >= 11 is 0. The average molecular weight is 362 g/mol. The number of para-hydroxylation sites is 1. The van der Waals surface area contributed by atoms with E-state index in [2.05, 4.69) is 46.6 Å². The smallest absolute Gasteiger partial charge is 0.177 e. The van der Waals surface area contributed by atoms with Crippen molar-refractivity contribution >= 4 is 17.0 Å². The molecule has 0 bridgehead atoms. The molecular formula is C21H26N6. The molecule has 1 saturated carbocycles. The maximum Gasteiger partial charge on any atom is 0.177 e. The number of hydrogen-bond donors (Lipinski definition) is 1. The standard InChI is InChI=1S/C21H26N6/c1-25-9-11-26(12-10-25)20-13-19(16-7-8-16)24-27-15-18(23-21(20)27)14-22-17-5-3-2-4-6-17/h2-6,13,15-16,22H,7-12,14H2,1H3. The third kappa shape index (κ3) is 3.49. The molecule has 1 aliphatic heterocycles. The van der Waals surface area contributed by atoms with Crippen LogP contribution in [0.1, 0.15) is 30.1 Å². The minimum absolute atomic E-state index is 0.633. The fraction of sp³-hybridized carbons (Fsp3) is 0.429. The third-order valence-corrected chi connectivity index (χ3v) is 5.56. The molecule has 1 aromatic carbocycles. The molecule has 0 unspecified atom stereocenters. The fourth-order valence-corrected chi connectivity index (χ4v) is 3.72. The number of anilines is 2. The molecule has 2 aromatic heterocycles. The van der Waals surface area contributed by atoms with E-state index in [0.29, 0.717) is 12.5 Å². The first kappa shape index (κ1) is 16.6. The first-order valence-electron chi connectivity index (χ1n) is 9.88. The van der Waals surface area contributed by atoms with Crippen LogP contribution in [-0.4, -0.2) is 52.7 Å². The molecule has 2 fully saturated rings. The highest BCUT2D eigenvalue weighted by atomic mass is 15.3. The van der Waals surface area contributed by atoms with Crippen LogP contribution in [0.5, 0.6) is 0 Å². The van der Waals surface area contributed by atoms with E-state index in [9.17, 15) is 0 Å². The molecule has 1 saturated heterocycles. The van der Waals surface area contributed by atoms with Crippen LogP contribution in [0.2, 0.25) is 0 Å². The van der Waals surface area contributed by atoms with Gasteiger partial charge in [0.15, 0.2) is 5.65 Å². The van der Waals surface area contributed by atoms with Gasteiger partial charge in [-0.25, -0.2) is 9.50 Å². The second-order valence-corrected chi connectivity index (χ2v) is 7.74. The normalized spacial score (nSPS) is 18.2. The zero-order valence-electron chi connectivity index (χ0n) is 15.8. The summed E-state index contributed by atoms with van der Waals surface area (Å²) in [4.78, 5) is 9.79. The number of aromatic nitrogens is 3. The van der Waals surface area contributed by atoms with E-state index in [4.69, 9.17) is 10.1 Å². The first-order valence-corrected chi connectivity index (χ1v) is 9.88. The average Bonchev–Trinajstić information content (AvgIpc) is 3.47. The molecule has 27 heavy (non-hydrogen) atoms. The topological polar surface area (TPSA) is 48.7 Å². The van der Waals surface area contributed by atoms with Crippen molar-refractivity contribution in [3.05, 3.63) is 54.0 Å². The third-order valence-electron chi connectivity index (χ3n) is 5.56. The van der Waals surface area contributed by atoms with Crippen molar-refractivity contribution in [3.63, 3.8) is 0 Å². The van der Waals surface area contributed by atoms with Crippen molar-refractivity contribution in [2.24, 2.45) is 0 Å². The van der Waals surface area contributed by atoms with E-state index in [1.807, 2.05) is 22.7 Å². The summed E-state index contributed by atoms with van der Waals surface area (Å²) in [6.07, 6.45) is 4.60. The number of nitrogens with zero attached hydrogens (tertiary/aromatic N) is 5. The molecule has 2 aliphatic rings. The van der Waals surface area contributed by atoms with Crippen molar-refractivity contribution in [2.45, 2.75) is 25.3 Å². The summed E-state index contributed by atoms with van der Waals surface area (Å²) in [6.45, 7) is 4.98. The zero-order valence-corrected chi connectivity index (χ0v) is 15.8. The number of fused-ring (bicyclic) bond motifs is 1. The number of nitrogens with one attached hydrogen (secondary N) is 1. The molecule has 0 amide bonds. The summed E-state index contributed by atoms with van der Waals surface area (Å²) < 4.78 is 2.00. The Balaban J connectivity index is 1.45. The van der Waals surface area contributed by atoms with Gasteiger partial charge in [-0.1, -0.05) is 18.2 Å². The molecule has 140 valence electrons. The maximum absolute atomic E-state index is 4.93. The Hall–Kier alpha value is -2.60. The van der Waals surface area contributed by atoms with Crippen molar-refractivity contribution in [1.82, 2.24) is 19.5 Å². The number of imidazole rings is 1. The minimum atomic E-state index is 0.633. The molecule has 1 aliphatic carbocycles. The number of rotatable bonds is 5. The van der Waals surface area contributed by atoms with Gasteiger partial charge >= 0.3 is 0 Å². The van der Waals surface area contributed by atoms with Gasteiger partial charge in [0.05, 0.1) is 29.8 Å². The van der Waals surface area contributed by atoms with Crippen LogP contribution in [0.4, 0.5) is 11.4 Å². The van der Waals surface area contributed by atoms with E-state index in [0.717, 1.165) is 43.2 Å². The lowest BCUT2D eigenvalue weighted by Gasteiger charge is -2.34. The van der Waals surface area contributed by atoms with Gasteiger partial charge in [0.25, 0.3) is 0 Å². The van der Waals surface area contributed by atoms with Crippen LogP contribution in [0.3, 0.4) is 0 Å². The Morgan fingerprint density at radius 2 is 1.85 bits per heavy atom. The number of hydrogen-bond acceptors (Lipinski definition) is 5. The molecule has 0 spiro atoms. The molecular weight excluding hydrogens is 336 g/mol. The maximum atomic E-state index is 4.93. The van der Waals surface area contributed by atoms with Gasteiger partial charge in [-0.05, 0) is 38.1 Å². The lowest BCUT2D eigenvalue weighted by molar-refractivity contribution is 0.313. The summed E-state index contributed by atoms with van der Waals surface area (Å²) in [5, 5.41) is 8.33. The molecule has 6 nitrogen and oxygen atoms in total. The van der Waals surface area contributed by atoms with Crippen LogP contribution < -0.4 is 10.2 Å². The molecule has 1 N–H and O–H groups in total. The lowest BCUT2D eigenvalue weighted by Crippen LogP contribution is -2.44. The molecule has 0 radical (unpaired) electrons. The second kappa shape index (κ2) is 6.85. The lowest BCUT2D eigenvalue weighted by atomic mass is 10.2. The van der Waals surface area contributed by atoms with Gasteiger partial charge in [0.1, 0.15) is 0 Å². The molecule has 3 aromatic rings. The fourth-order valence-electron chi connectivity index (χ4n) is 3.72. The predicted molar refractivity (Wildman–Crippen MR) is 108 cm³/mol. The van der Waals surface area contributed by atoms with Crippen LogP contribution in [0.15, 0.2) is 42.6 Å². The highest BCUT2D eigenvalue weighted by molar-refractivity contribution is 5.70. The molecule has 0 atom stereocenters.